The maximum absolute atomic E-state index is 12.3. The Balaban J connectivity index is 3.45. The molecular formula is C11H9ClN2O6S. The normalized spacial score (nSPS) is 11.1. The van der Waals surface area contributed by atoms with Crippen LogP contribution in [-0.4, -0.2) is 41.8 Å². The SMILES string of the molecule is C#CCN(CC(=O)O)S(=O)(=O)c1ccc(Cl)cc1[N+](=O)[O-]. The van der Waals surface area contributed by atoms with Gasteiger partial charge in [0.15, 0.2) is 4.90 Å². The molecule has 112 valence electrons. The van der Waals surface area contributed by atoms with Crippen LogP contribution >= 0.6 is 11.6 Å². The number of hydrogen-bond acceptors (Lipinski definition) is 5. The van der Waals surface area contributed by atoms with Crippen molar-refractivity contribution in [2.75, 3.05) is 13.1 Å². The number of nitro benzene ring substituents is 1. The highest BCUT2D eigenvalue weighted by atomic mass is 35.5. The number of benzene rings is 1. The van der Waals surface area contributed by atoms with E-state index < -0.39 is 44.6 Å². The third-order valence-electron chi connectivity index (χ3n) is 2.31. The number of carbonyl (C=O) groups is 1. The lowest BCUT2D eigenvalue weighted by Gasteiger charge is -2.17. The molecule has 1 aromatic carbocycles. The van der Waals surface area contributed by atoms with Gasteiger partial charge in [0, 0.05) is 11.1 Å². The molecule has 0 aliphatic carbocycles. The van der Waals surface area contributed by atoms with Gasteiger partial charge in [0.1, 0.15) is 6.54 Å². The van der Waals surface area contributed by atoms with E-state index >= 15 is 0 Å². The number of terminal acetylenes is 1. The number of carboxylic acid groups (broad SMARTS) is 1. The highest BCUT2D eigenvalue weighted by molar-refractivity contribution is 7.89. The fourth-order valence-corrected chi connectivity index (χ4v) is 3.08. The van der Waals surface area contributed by atoms with E-state index in [0.717, 1.165) is 18.2 Å². The van der Waals surface area contributed by atoms with Crippen molar-refractivity contribution in [2.45, 2.75) is 4.90 Å². The van der Waals surface area contributed by atoms with Crippen LogP contribution in [0, 0.1) is 22.5 Å². The Hall–Kier alpha value is -2.15. The third kappa shape index (κ3) is 3.91. The molecule has 1 N–H and O–H groups in total. The lowest BCUT2D eigenvalue weighted by atomic mass is 10.3. The van der Waals surface area contributed by atoms with Gasteiger partial charge in [-0.15, -0.1) is 6.42 Å². The average Bonchev–Trinajstić information content (AvgIpc) is 2.37. The molecule has 0 radical (unpaired) electrons. The Morgan fingerprint density at radius 1 is 1.52 bits per heavy atom. The molecule has 0 amide bonds. The molecule has 0 saturated carbocycles. The van der Waals surface area contributed by atoms with Crippen LogP contribution in [0.5, 0.6) is 0 Å². The molecular weight excluding hydrogens is 324 g/mol. The summed E-state index contributed by atoms with van der Waals surface area (Å²) in [5.74, 6) is 0.557. The maximum atomic E-state index is 12.3. The second-order valence-corrected chi connectivity index (χ2v) is 6.08. The largest absolute Gasteiger partial charge is 0.480 e. The highest BCUT2D eigenvalue weighted by Crippen LogP contribution is 2.29. The van der Waals surface area contributed by atoms with Gasteiger partial charge in [-0.2, -0.15) is 4.31 Å². The van der Waals surface area contributed by atoms with E-state index in [1.54, 1.807) is 0 Å². The molecule has 0 aromatic heterocycles. The molecule has 0 bridgehead atoms. The van der Waals surface area contributed by atoms with Crippen LogP contribution in [0.2, 0.25) is 5.02 Å². The van der Waals surface area contributed by atoms with Crippen LogP contribution in [0.15, 0.2) is 23.1 Å². The molecule has 0 saturated heterocycles. The molecule has 0 fully saturated rings. The summed E-state index contributed by atoms with van der Waals surface area (Å²) in [4.78, 5) is 20.0. The molecule has 0 spiro atoms. The Morgan fingerprint density at radius 3 is 2.62 bits per heavy atom. The van der Waals surface area contributed by atoms with Crippen molar-refractivity contribution in [3.63, 3.8) is 0 Å². The number of rotatable bonds is 6. The van der Waals surface area contributed by atoms with Crippen molar-refractivity contribution in [3.8, 4) is 12.3 Å². The minimum Gasteiger partial charge on any atom is -0.480 e. The van der Waals surface area contributed by atoms with Gasteiger partial charge in [-0.25, -0.2) is 8.42 Å². The van der Waals surface area contributed by atoms with Crippen molar-refractivity contribution in [3.05, 3.63) is 33.3 Å². The fraction of sp³-hybridized carbons (Fsp3) is 0.182. The fourth-order valence-electron chi connectivity index (χ4n) is 1.47. The lowest BCUT2D eigenvalue weighted by molar-refractivity contribution is -0.387. The monoisotopic (exact) mass is 332 g/mol. The molecule has 0 heterocycles. The minimum absolute atomic E-state index is 0.0256. The number of hydrogen-bond donors (Lipinski definition) is 1. The van der Waals surface area contributed by atoms with Crippen LogP contribution in [0.1, 0.15) is 0 Å². The number of aliphatic carboxylic acids is 1. The van der Waals surface area contributed by atoms with Gasteiger partial charge in [0.25, 0.3) is 15.7 Å². The van der Waals surface area contributed by atoms with E-state index in [-0.39, 0.29) is 5.02 Å². The van der Waals surface area contributed by atoms with E-state index in [1.165, 1.54) is 0 Å². The molecule has 0 aliphatic heterocycles. The smallest absolute Gasteiger partial charge is 0.318 e. The summed E-state index contributed by atoms with van der Waals surface area (Å²) < 4.78 is 25.1. The number of carboxylic acids is 1. The number of sulfonamides is 1. The highest BCUT2D eigenvalue weighted by Gasteiger charge is 2.32. The Morgan fingerprint density at radius 2 is 2.14 bits per heavy atom. The van der Waals surface area contributed by atoms with E-state index in [2.05, 4.69) is 0 Å². The summed E-state index contributed by atoms with van der Waals surface area (Å²) in [7, 11) is -4.44. The second-order valence-electron chi connectivity index (χ2n) is 3.74. The topological polar surface area (TPSA) is 118 Å². The Labute approximate surface area is 125 Å². The van der Waals surface area contributed by atoms with Gasteiger partial charge in [0.2, 0.25) is 0 Å². The molecule has 1 rings (SSSR count). The van der Waals surface area contributed by atoms with E-state index in [9.17, 15) is 23.3 Å². The van der Waals surface area contributed by atoms with Crippen LogP contribution in [0.25, 0.3) is 0 Å². The minimum atomic E-state index is -4.44. The van der Waals surface area contributed by atoms with Crippen LogP contribution in [0.3, 0.4) is 0 Å². The lowest BCUT2D eigenvalue weighted by Crippen LogP contribution is -2.36. The van der Waals surface area contributed by atoms with Gasteiger partial charge in [-0.3, -0.25) is 14.9 Å². The van der Waals surface area contributed by atoms with E-state index in [4.69, 9.17) is 23.1 Å². The van der Waals surface area contributed by atoms with Crippen molar-refractivity contribution in [1.82, 2.24) is 4.31 Å². The first-order valence-corrected chi connectivity index (χ1v) is 7.11. The van der Waals surface area contributed by atoms with Gasteiger partial charge in [0.05, 0.1) is 11.5 Å². The number of nitrogens with zero attached hydrogens (tertiary/aromatic N) is 2. The Kier molecular flexibility index (Phi) is 5.26. The van der Waals surface area contributed by atoms with Crippen LogP contribution < -0.4 is 0 Å². The number of nitro groups is 1. The van der Waals surface area contributed by atoms with Gasteiger partial charge < -0.3 is 5.11 Å². The van der Waals surface area contributed by atoms with Crippen molar-refractivity contribution < 1.29 is 23.2 Å². The molecule has 1 aromatic rings. The summed E-state index contributed by atoms with van der Waals surface area (Å²) in [6.07, 6.45) is 5.00. The van der Waals surface area contributed by atoms with Crippen LogP contribution in [0.4, 0.5) is 5.69 Å². The summed E-state index contributed by atoms with van der Waals surface area (Å²) in [6.45, 7) is -1.44. The van der Waals surface area contributed by atoms with Gasteiger partial charge in [-0.05, 0) is 12.1 Å². The molecule has 0 atom stereocenters. The standard InChI is InChI=1S/C11H9ClN2O6S/c1-2-5-13(7-11(15)16)21(19,20)10-4-3-8(12)6-9(10)14(17)18/h1,3-4,6H,5,7H2,(H,15,16). The van der Waals surface area contributed by atoms with E-state index in [1.807, 2.05) is 5.92 Å². The molecule has 8 nitrogen and oxygen atoms in total. The molecule has 10 heteroatoms. The van der Waals surface area contributed by atoms with Crippen LogP contribution in [-0.2, 0) is 14.8 Å². The maximum Gasteiger partial charge on any atom is 0.318 e. The molecule has 0 unspecified atom stereocenters. The summed E-state index contributed by atoms with van der Waals surface area (Å²) in [6, 6.07) is 2.95. The number of halogens is 1. The summed E-state index contributed by atoms with van der Waals surface area (Å²) in [5.41, 5.74) is -0.755. The van der Waals surface area contributed by atoms with Crippen molar-refractivity contribution in [2.24, 2.45) is 0 Å². The second kappa shape index (κ2) is 6.53. The zero-order chi connectivity index (χ0) is 16.2. The van der Waals surface area contributed by atoms with E-state index in [0.29, 0.717) is 4.31 Å². The third-order valence-corrected chi connectivity index (χ3v) is 4.39. The zero-order valence-electron chi connectivity index (χ0n) is 10.4. The van der Waals surface area contributed by atoms with Crippen molar-refractivity contribution >= 4 is 33.3 Å². The van der Waals surface area contributed by atoms with Gasteiger partial charge >= 0.3 is 5.97 Å². The average molecular weight is 333 g/mol. The van der Waals surface area contributed by atoms with Gasteiger partial charge in [-0.1, -0.05) is 17.5 Å². The first-order valence-electron chi connectivity index (χ1n) is 5.29. The molecule has 21 heavy (non-hydrogen) atoms. The summed E-state index contributed by atoms with van der Waals surface area (Å²) in [5, 5.41) is 19.6. The van der Waals surface area contributed by atoms with Crippen molar-refractivity contribution in [1.29, 1.82) is 0 Å². The first-order chi connectivity index (χ1) is 9.70. The Bertz CT molecular complexity index is 725. The quantitative estimate of drug-likeness (QED) is 0.471. The molecule has 0 aliphatic rings. The zero-order valence-corrected chi connectivity index (χ0v) is 12.0. The predicted octanol–water partition coefficient (Wildman–Crippen LogP) is 0.957. The predicted molar refractivity (Wildman–Crippen MR) is 73.3 cm³/mol. The first kappa shape index (κ1) is 16.9. The summed E-state index contributed by atoms with van der Waals surface area (Å²) >= 11 is 5.60.